The van der Waals surface area contributed by atoms with Crippen LogP contribution in [0.5, 0.6) is 0 Å². The van der Waals surface area contributed by atoms with E-state index in [0.29, 0.717) is 39.5 Å². The van der Waals surface area contributed by atoms with Crippen molar-refractivity contribution < 1.29 is 23.9 Å². The number of Topliss-reactive ketones (excluding diaryl/α,β-unsaturated/α-hetero) is 1. The van der Waals surface area contributed by atoms with E-state index in [1.54, 1.807) is 38.1 Å². The molecule has 0 unspecified atom stereocenters. The molecule has 0 amide bonds. The largest absolute Gasteiger partial charge is 0.468 e. The smallest absolute Gasteiger partial charge is 0.336 e. The first-order valence-corrected chi connectivity index (χ1v) is 9.93. The Balaban J connectivity index is 2.21. The highest BCUT2D eigenvalue weighted by Crippen LogP contribution is 2.46. The molecule has 154 valence electrons. The Morgan fingerprint density at radius 3 is 2.59 bits per heavy atom. The summed E-state index contributed by atoms with van der Waals surface area (Å²) in [5.74, 6) is -3.31. The first kappa shape index (κ1) is 21.1. The third-order valence-electron chi connectivity index (χ3n) is 5.45. The van der Waals surface area contributed by atoms with Gasteiger partial charge in [-0.3, -0.25) is 9.59 Å². The van der Waals surface area contributed by atoms with Gasteiger partial charge in [0.1, 0.15) is 5.92 Å². The highest BCUT2D eigenvalue weighted by Gasteiger charge is 2.47. The Hall–Kier alpha value is -2.60. The number of dihydropyridines is 1. The van der Waals surface area contributed by atoms with E-state index in [1.807, 2.05) is 6.92 Å². The van der Waals surface area contributed by atoms with Crippen molar-refractivity contribution in [3.05, 3.63) is 57.4 Å². The molecule has 1 N–H and O–H groups in total. The van der Waals surface area contributed by atoms with Crippen LogP contribution in [0.25, 0.3) is 0 Å². The van der Waals surface area contributed by atoms with Gasteiger partial charge in [0.25, 0.3) is 0 Å². The van der Waals surface area contributed by atoms with Crippen molar-refractivity contribution in [2.24, 2.45) is 11.8 Å². The number of halogens is 1. The van der Waals surface area contributed by atoms with E-state index in [2.05, 4.69) is 5.32 Å². The molecule has 1 aromatic carbocycles. The van der Waals surface area contributed by atoms with Crippen molar-refractivity contribution in [3.63, 3.8) is 0 Å². The van der Waals surface area contributed by atoms with Gasteiger partial charge >= 0.3 is 11.9 Å². The molecule has 0 saturated carbocycles. The first-order chi connectivity index (χ1) is 13.8. The number of carbonyl (C=O) groups excluding carboxylic acids is 3. The van der Waals surface area contributed by atoms with Crippen LogP contribution in [0.3, 0.4) is 0 Å². The summed E-state index contributed by atoms with van der Waals surface area (Å²) < 4.78 is 10.1. The van der Waals surface area contributed by atoms with E-state index in [-0.39, 0.29) is 18.3 Å². The molecule has 3 atom stereocenters. The van der Waals surface area contributed by atoms with Gasteiger partial charge in [-0.05, 0) is 37.8 Å². The lowest BCUT2D eigenvalue weighted by atomic mass is 9.69. The summed E-state index contributed by atoms with van der Waals surface area (Å²) in [6.07, 6.45) is 0.481. The number of hydrogen-bond donors (Lipinski definition) is 1. The number of methoxy groups -OCH3 is 1. The van der Waals surface area contributed by atoms with Gasteiger partial charge in [0.2, 0.25) is 0 Å². The SMILES string of the molecule is CCOC(=O)C1=C(C)NC2=C(C(=O)[C@H](C(=O)OC)[C@@H](C)C2)[C@H]1c1ccccc1Cl. The molecule has 0 spiro atoms. The van der Waals surface area contributed by atoms with Gasteiger partial charge in [0.05, 0.1) is 19.3 Å². The predicted octanol–water partition coefficient (Wildman–Crippen LogP) is 3.52. The van der Waals surface area contributed by atoms with Crippen molar-refractivity contribution in [2.75, 3.05) is 13.7 Å². The lowest BCUT2D eigenvalue weighted by molar-refractivity contribution is -0.151. The number of esters is 2. The van der Waals surface area contributed by atoms with E-state index >= 15 is 0 Å². The molecule has 0 fully saturated rings. The van der Waals surface area contributed by atoms with Crippen LogP contribution in [0.2, 0.25) is 5.02 Å². The summed E-state index contributed by atoms with van der Waals surface area (Å²) in [4.78, 5) is 38.7. The van der Waals surface area contributed by atoms with Gasteiger partial charge in [-0.2, -0.15) is 0 Å². The Bertz CT molecular complexity index is 933. The van der Waals surface area contributed by atoms with Crippen LogP contribution in [-0.4, -0.2) is 31.4 Å². The lowest BCUT2D eigenvalue weighted by Crippen LogP contribution is -2.43. The van der Waals surface area contributed by atoms with E-state index in [1.165, 1.54) is 7.11 Å². The number of nitrogens with one attached hydrogen (secondary N) is 1. The maximum absolute atomic E-state index is 13.5. The number of ketones is 1. The predicted molar refractivity (Wildman–Crippen MR) is 108 cm³/mol. The molecule has 2 aliphatic rings. The Kier molecular flexibility index (Phi) is 6.13. The van der Waals surface area contributed by atoms with Gasteiger partial charge in [0.15, 0.2) is 5.78 Å². The van der Waals surface area contributed by atoms with Crippen LogP contribution < -0.4 is 5.32 Å². The average molecular weight is 418 g/mol. The highest BCUT2D eigenvalue weighted by atomic mass is 35.5. The molecule has 1 aliphatic carbocycles. The van der Waals surface area contributed by atoms with Gasteiger partial charge < -0.3 is 14.8 Å². The molecule has 0 radical (unpaired) electrons. The van der Waals surface area contributed by atoms with Crippen LogP contribution in [0.1, 0.15) is 38.7 Å². The van der Waals surface area contributed by atoms with E-state index in [0.717, 1.165) is 0 Å². The Labute approximate surface area is 174 Å². The fourth-order valence-electron chi connectivity index (χ4n) is 4.18. The third kappa shape index (κ3) is 3.69. The van der Waals surface area contributed by atoms with E-state index in [4.69, 9.17) is 21.1 Å². The minimum Gasteiger partial charge on any atom is -0.468 e. The second-order valence-electron chi connectivity index (χ2n) is 7.28. The minimum atomic E-state index is -0.924. The monoisotopic (exact) mass is 417 g/mol. The van der Waals surface area contributed by atoms with Crippen LogP contribution in [-0.2, 0) is 23.9 Å². The van der Waals surface area contributed by atoms with Crippen molar-refractivity contribution in [2.45, 2.75) is 33.1 Å². The summed E-state index contributed by atoms with van der Waals surface area (Å²) in [5.41, 5.74) is 2.64. The van der Waals surface area contributed by atoms with Crippen molar-refractivity contribution in [3.8, 4) is 0 Å². The zero-order valence-electron chi connectivity index (χ0n) is 16.9. The molecule has 0 bridgehead atoms. The molecule has 29 heavy (non-hydrogen) atoms. The minimum absolute atomic E-state index is 0.201. The fourth-order valence-corrected chi connectivity index (χ4v) is 4.42. The van der Waals surface area contributed by atoms with Crippen molar-refractivity contribution in [1.82, 2.24) is 5.32 Å². The first-order valence-electron chi connectivity index (χ1n) is 9.56. The van der Waals surface area contributed by atoms with Crippen molar-refractivity contribution in [1.29, 1.82) is 0 Å². The zero-order chi connectivity index (χ0) is 21.3. The molecule has 1 heterocycles. The Morgan fingerprint density at radius 2 is 1.97 bits per heavy atom. The van der Waals surface area contributed by atoms with Crippen LogP contribution >= 0.6 is 11.6 Å². The maximum Gasteiger partial charge on any atom is 0.336 e. The van der Waals surface area contributed by atoms with Gasteiger partial charge in [-0.15, -0.1) is 0 Å². The summed E-state index contributed by atoms with van der Waals surface area (Å²) in [6, 6.07) is 7.08. The topological polar surface area (TPSA) is 81.7 Å². The van der Waals surface area contributed by atoms with Gasteiger partial charge in [-0.1, -0.05) is 36.7 Å². The molecule has 0 aromatic heterocycles. The lowest BCUT2D eigenvalue weighted by Gasteiger charge is -2.38. The molecule has 6 nitrogen and oxygen atoms in total. The number of allylic oxidation sites excluding steroid dienone is 3. The molecular formula is C22H24ClNO5. The second-order valence-corrected chi connectivity index (χ2v) is 7.68. The number of carbonyl (C=O) groups is 3. The summed E-state index contributed by atoms with van der Waals surface area (Å²) in [6.45, 7) is 5.54. The van der Waals surface area contributed by atoms with Gasteiger partial charge in [0, 0.05) is 27.9 Å². The molecule has 1 aliphatic heterocycles. The second kappa shape index (κ2) is 8.41. The maximum atomic E-state index is 13.5. The molecule has 3 rings (SSSR count). The Morgan fingerprint density at radius 1 is 1.28 bits per heavy atom. The van der Waals surface area contributed by atoms with E-state index in [9.17, 15) is 14.4 Å². The zero-order valence-corrected chi connectivity index (χ0v) is 17.6. The van der Waals surface area contributed by atoms with Crippen molar-refractivity contribution >= 4 is 29.3 Å². The summed E-state index contributed by atoms with van der Waals surface area (Å²) in [7, 11) is 1.27. The average Bonchev–Trinajstić information content (AvgIpc) is 2.67. The molecule has 1 aromatic rings. The van der Waals surface area contributed by atoms with E-state index < -0.39 is 23.8 Å². The highest BCUT2D eigenvalue weighted by molar-refractivity contribution is 6.31. The molecule has 0 saturated heterocycles. The summed E-state index contributed by atoms with van der Waals surface area (Å²) in [5, 5.41) is 3.64. The number of ether oxygens (including phenoxy) is 2. The number of hydrogen-bond acceptors (Lipinski definition) is 6. The van der Waals surface area contributed by atoms with Crippen LogP contribution in [0.15, 0.2) is 46.8 Å². The summed E-state index contributed by atoms with van der Waals surface area (Å²) >= 11 is 6.47. The number of rotatable bonds is 4. The fraction of sp³-hybridized carbons (Fsp3) is 0.409. The third-order valence-corrected chi connectivity index (χ3v) is 5.80. The normalized spacial score (nSPS) is 24.0. The number of benzene rings is 1. The van der Waals surface area contributed by atoms with Crippen LogP contribution in [0, 0.1) is 11.8 Å². The standard InChI is InChI=1S/C22H24ClNO5/c1-5-29-22(27)17-12(3)24-15-10-11(2)16(21(26)28-4)20(25)19(15)18(17)13-8-6-7-9-14(13)23/h6-9,11,16,18,24H,5,10H2,1-4H3/t11-,16+,18-/m0/s1. The van der Waals surface area contributed by atoms with Crippen LogP contribution in [0.4, 0.5) is 0 Å². The molecular weight excluding hydrogens is 394 g/mol. The molecule has 7 heteroatoms. The van der Waals surface area contributed by atoms with Gasteiger partial charge in [-0.25, -0.2) is 4.79 Å². The quantitative estimate of drug-likeness (QED) is 0.596.